The number of hydrogen-bond acceptors (Lipinski definition) is 3. The highest BCUT2D eigenvalue weighted by Gasteiger charge is 2.31. The third-order valence-electron chi connectivity index (χ3n) is 5.09. The van der Waals surface area contributed by atoms with Gasteiger partial charge in [-0.25, -0.2) is 4.79 Å². The minimum Gasteiger partial charge on any atom is -0.482 e. The Kier molecular flexibility index (Phi) is 6.22. The van der Waals surface area contributed by atoms with E-state index in [2.05, 4.69) is 4.74 Å². The molecule has 168 valence electrons. The normalized spacial score (nSPS) is 11.4. The SMILES string of the molecule is O=C(O)COc1ccc(-c2ccc(OC(F)(F)F)cc2)cc1Cc1cccc2ccccc12. The van der Waals surface area contributed by atoms with Crippen LogP contribution in [0.5, 0.6) is 11.5 Å². The van der Waals surface area contributed by atoms with E-state index in [1.54, 1.807) is 12.1 Å². The Labute approximate surface area is 187 Å². The van der Waals surface area contributed by atoms with Gasteiger partial charge in [0.05, 0.1) is 0 Å². The van der Waals surface area contributed by atoms with E-state index in [1.807, 2.05) is 48.5 Å². The fourth-order valence-electron chi connectivity index (χ4n) is 3.68. The second-order valence-corrected chi connectivity index (χ2v) is 7.39. The number of carbonyl (C=O) groups is 1. The first-order valence-electron chi connectivity index (χ1n) is 10.1. The van der Waals surface area contributed by atoms with Gasteiger partial charge in [-0.15, -0.1) is 13.2 Å². The minimum atomic E-state index is -4.75. The molecule has 4 aromatic rings. The molecule has 7 heteroatoms. The van der Waals surface area contributed by atoms with E-state index < -0.39 is 18.9 Å². The molecule has 0 unspecified atom stereocenters. The largest absolute Gasteiger partial charge is 0.573 e. The smallest absolute Gasteiger partial charge is 0.482 e. The molecule has 33 heavy (non-hydrogen) atoms. The molecule has 0 atom stereocenters. The molecule has 4 rings (SSSR count). The van der Waals surface area contributed by atoms with Crippen molar-refractivity contribution in [3.63, 3.8) is 0 Å². The van der Waals surface area contributed by atoms with E-state index in [1.165, 1.54) is 24.3 Å². The van der Waals surface area contributed by atoms with E-state index in [-0.39, 0.29) is 5.75 Å². The molecule has 0 aromatic heterocycles. The molecular weight excluding hydrogens is 433 g/mol. The van der Waals surface area contributed by atoms with Crippen molar-refractivity contribution >= 4 is 16.7 Å². The zero-order chi connectivity index (χ0) is 23.4. The second-order valence-electron chi connectivity index (χ2n) is 7.39. The van der Waals surface area contributed by atoms with Crippen LogP contribution in [0.2, 0.25) is 0 Å². The highest BCUT2D eigenvalue weighted by molar-refractivity contribution is 5.86. The maximum Gasteiger partial charge on any atom is 0.573 e. The fraction of sp³-hybridized carbons (Fsp3) is 0.115. The van der Waals surface area contributed by atoms with Crippen molar-refractivity contribution in [1.29, 1.82) is 0 Å². The summed E-state index contributed by atoms with van der Waals surface area (Å²) in [5.74, 6) is -0.954. The van der Waals surface area contributed by atoms with Crippen LogP contribution >= 0.6 is 0 Å². The van der Waals surface area contributed by atoms with Crippen molar-refractivity contribution < 1.29 is 32.5 Å². The number of ether oxygens (including phenoxy) is 2. The van der Waals surface area contributed by atoms with Gasteiger partial charge in [0.2, 0.25) is 0 Å². The van der Waals surface area contributed by atoms with Gasteiger partial charge < -0.3 is 14.6 Å². The second kappa shape index (κ2) is 9.24. The summed E-state index contributed by atoms with van der Waals surface area (Å²) in [4.78, 5) is 11.0. The molecule has 1 N–H and O–H groups in total. The molecule has 0 spiro atoms. The lowest BCUT2D eigenvalue weighted by atomic mass is 9.95. The van der Waals surface area contributed by atoms with Crippen molar-refractivity contribution in [2.24, 2.45) is 0 Å². The Hall–Kier alpha value is -4.00. The Balaban J connectivity index is 1.69. The van der Waals surface area contributed by atoms with E-state index in [4.69, 9.17) is 9.84 Å². The number of alkyl halides is 3. The van der Waals surface area contributed by atoms with Gasteiger partial charge in [-0.3, -0.25) is 0 Å². The molecule has 0 fully saturated rings. The van der Waals surface area contributed by atoms with Crippen molar-refractivity contribution in [3.05, 3.63) is 96.1 Å². The zero-order valence-electron chi connectivity index (χ0n) is 17.3. The van der Waals surface area contributed by atoms with Crippen LogP contribution in [0.25, 0.3) is 21.9 Å². The summed E-state index contributed by atoms with van der Waals surface area (Å²) in [6.45, 7) is -0.481. The first-order chi connectivity index (χ1) is 15.8. The zero-order valence-corrected chi connectivity index (χ0v) is 17.3. The number of halogens is 3. The molecule has 0 aliphatic heterocycles. The molecule has 4 nitrogen and oxygen atoms in total. The number of benzene rings is 4. The van der Waals surface area contributed by atoms with Crippen LogP contribution in [0, 0.1) is 0 Å². The Morgan fingerprint density at radius 3 is 2.24 bits per heavy atom. The summed E-state index contributed by atoms with van der Waals surface area (Å²) >= 11 is 0. The monoisotopic (exact) mass is 452 g/mol. The predicted molar refractivity (Wildman–Crippen MR) is 118 cm³/mol. The number of carboxylic acids is 1. The number of rotatable bonds is 7. The van der Waals surface area contributed by atoms with Crippen LogP contribution in [0.4, 0.5) is 13.2 Å². The number of aliphatic carboxylic acids is 1. The summed E-state index contributed by atoms with van der Waals surface area (Å²) in [6.07, 6.45) is -4.27. The molecule has 0 heterocycles. The average molecular weight is 452 g/mol. The molecule has 0 amide bonds. The lowest BCUT2D eigenvalue weighted by Crippen LogP contribution is -2.16. The summed E-state index contributed by atoms with van der Waals surface area (Å²) in [7, 11) is 0. The molecule has 0 bridgehead atoms. The molecule has 4 aromatic carbocycles. The maximum atomic E-state index is 12.4. The molecule has 0 radical (unpaired) electrons. The average Bonchev–Trinajstić information content (AvgIpc) is 2.78. The van der Waals surface area contributed by atoms with Crippen LogP contribution in [0.3, 0.4) is 0 Å². The number of hydrogen-bond donors (Lipinski definition) is 1. The number of fused-ring (bicyclic) bond motifs is 1. The van der Waals surface area contributed by atoms with Crippen LogP contribution in [0.15, 0.2) is 84.9 Å². The predicted octanol–water partition coefficient (Wildman–Crippen LogP) is 6.46. The summed E-state index contributed by atoms with van der Waals surface area (Å²) in [5, 5.41) is 11.2. The molecule has 0 aliphatic carbocycles. The van der Waals surface area contributed by atoms with Gasteiger partial charge in [0, 0.05) is 6.42 Å². The summed E-state index contributed by atoms with van der Waals surface area (Å²) in [5.41, 5.74) is 3.25. The lowest BCUT2D eigenvalue weighted by Gasteiger charge is -2.14. The fourth-order valence-corrected chi connectivity index (χ4v) is 3.68. The summed E-state index contributed by atoms with van der Waals surface area (Å²) < 4.78 is 46.7. The van der Waals surface area contributed by atoms with Gasteiger partial charge in [0.1, 0.15) is 11.5 Å². The minimum absolute atomic E-state index is 0.302. The van der Waals surface area contributed by atoms with Crippen LogP contribution in [0.1, 0.15) is 11.1 Å². The molecule has 0 aliphatic rings. The number of carboxylic acid groups (broad SMARTS) is 1. The van der Waals surface area contributed by atoms with Crippen LogP contribution < -0.4 is 9.47 Å². The first kappa shape index (κ1) is 22.2. The Morgan fingerprint density at radius 1 is 0.818 bits per heavy atom. The van der Waals surface area contributed by atoms with E-state index in [0.717, 1.165) is 27.5 Å². The van der Waals surface area contributed by atoms with Gasteiger partial charge in [-0.2, -0.15) is 0 Å². The first-order valence-corrected chi connectivity index (χ1v) is 10.1. The quantitative estimate of drug-likeness (QED) is 0.350. The van der Waals surface area contributed by atoms with Gasteiger partial charge in [-0.1, -0.05) is 60.7 Å². The van der Waals surface area contributed by atoms with E-state index >= 15 is 0 Å². The molecule has 0 saturated heterocycles. The Bertz CT molecular complexity index is 1280. The molecule has 0 saturated carbocycles. The van der Waals surface area contributed by atoms with E-state index in [9.17, 15) is 18.0 Å². The van der Waals surface area contributed by atoms with Crippen LogP contribution in [-0.2, 0) is 11.2 Å². The van der Waals surface area contributed by atoms with Crippen molar-refractivity contribution in [3.8, 4) is 22.6 Å². The Morgan fingerprint density at radius 2 is 1.52 bits per heavy atom. The summed E-state index contributed by atoms with van der Waals surface area (Å²) in [6, 6.07) is 24.8. The topological polar surface area (TPSA) is 55.8 Å². The molecular formula is C26H19F3O4. The highest BCUT2D eigenvalue weighted by Crippen LogP contribution is 2.32. The van der Waals surface area contributed by atoms with Crippen molar-refractivity contribution in [1.82, 2.24) is 0 Å². The van der Waals surface area contributed by atoms with Crippen molar-refractivity contribution in [2.45, 2.75) is 12.8 Å². The van der Waals surface area contributed by atoms with Gasteiger partial charge in [-0.05, 0) is 57.3 Å². The third-order valence-corrected chi connectivity index (χ3v) is 5.09. The highest BCUT2D eigenvalue weighted by atomic mass is 19.4. The van der Waals surface area contributed by atoms with Gasteiger partial charge in [0.15, 0.2) is 6.61 Å². The van der Waals surface area contributed by atoms with Gasteiger partial charge in [0.25, 0.3) is 0 Å². The standard InChI is InChI=1S/C26H19F3O4/c27-26(28,29)33-22-11-8-17(9-12-22)19-10-13-24(32-16-25(30)31)21(14-19)15-20-6-3-5-18-4-1-2-7-23(18)20/h1-14H,15-16H2,(H,30,31). The maximum absolute atomic E-state index is 12.4. The van der Waals surface area contributed by atoms with Gasteiger partial charge >= 0.3 is 12.3 Å². The third kappa shape index (κ3) is 5.63. The lowest BCUT2D eigenvalue weighted by molar-refractivity contribution is -0.274. The van der Waals surface area contributed by atoms with Crippen LogP contribution in [-0.4, -0.2) is 24.0 Å². The van der Waals surface area contributed by atoms with Crippen molar-refractivity contribution in [2.75, 3.05) is 6.61 Å². The van der Waals surface area contributed by atoms with E-state index in [0.29, 0.717) is 17.7 Å².